The molecule has 0 aliphatic heterocycles. The van der Waals surface area contributed by atoms with Gasteiger partial charge in [-0.3, -0.25) is 0 Å². The minimum Gasteiger partial charge on any atom is -0.384 e. The molecule has 1 rings (SSSR count). The summed E-state index contributed by atoms with van der Waals surface area (Å²) >= 11 is 7.95. The van der Waals surface area contributed by atoms with E-state index < -0.39 is 0 Å². The van der Waals surface area contributed by atoms with Crippen LogP contribution in [0.3, 0.4) is 0 Å². The average molecular weight is 260 g/mol. The number of ether oxygens (including phenoxy) is 1. The zero-order valence-electron chi connectivity index (χ0n) is 9.70. The Morgan fingerprint density at radius 3 is 2.88 bits per heavy atom. The van der Waals surface area contributed by atoms with Gasteiger partial charge in [0, 0.05) is 28.8 Å². The van der Waals surface area contributed by atoms with Gasteiger partial charge in [-0.15, -0.1) is 11.8 Å². The third-order valence-corrected chi connectivity index (χ3v) is 3.57. The molecule has 0 spiro atoms. The summed E-state index contributed by atoms with van der Waals surface area (Å²) in [6.45, 7) is 2.74. The first-order valence-electron chi connectivity index (χ1n) is 5.30. The molecular weight excluding hydrogens is 242 g/mol. The Hall–Kier alpha value is -0.220. The van der Waals surface area contributed by atoms with Crippen molar-refractivity contribution in [1.82, 2.24) is 0 Å². The van der Waals surface area contributed by atoms with Crippen molar-refractivity contribution >= 4 is 23.4 Å². The number of nitrogens with two attached hydrogens (primary N) is 1. The number of methoxy groups -OCH3 is 1. The molecule has 0 saturated carbocycles. The van der Waals surface area contributed by atoms with Crippen molar-refractivity contribution < 1.29 is 4.74 Å². The van der Waals surface area contributed by atoms with E-state index >= 15 is 0 Å². The minimum atomic E-state index is 0.127. The van der Waals surface area contributed by atoms with Crippen molar-refractivity contribution in [1.29, 1.82) is 0 Å². The fourth-order valence-electron chi connectivity index (χ4n) is 1.43. The maximum absolute atomic E-state index is 6.19. The molecule has 0 radical (unpaired) electrons. The maximum Gasteiger partial charge on any atom is 0.0556 e. The number of rotatable bonds is 6. The van der Waals surface area contributed by atoms with Crippen LogP contribution in [0.1, 0.15) is 12.5 Å². The van der Waals surface area contributed by atoms with Crippen LogP contribution in [0.4, 0.5) is 0 Å². The van der Waals surface area contributed by atoms with Crippen molar-refractivity contribution in [2.45, 2.75) is 24.3 Å². The lowest BCUT2D eigenvalue weighted by atomic mass is 10.1. The molecule has 16 heavy (non-hydrogen) atoms. The van der Waals surface area contributed by atoms with Crippen LogP contribution < -0.4 is 5.73 Å². The Balaban J connectivity index is 2.76. The molecule has 0 amide bonds. The minimum absolute atomic E-state index is 0.127. The van der Waals surface area contributed by atoms with Crippen molar-refractivity contribution in [2.24, 2.45) is 5.73 Å². The van der Waals surface area contributed by atoms with Gasteiger partial charge in [-0.2, -0.15) is 0 Å². The molecule has 1 aromatic carbocycles. The van der Waals surface area contributed by atoms with E-state index in [4.69, 9.17) is 22.1 Å². The number of benzene rings is 1. The third kappa shape index (κ3) is 4.34. The van der Waals surface area contributed by atoms with Crippen LogP contribution in [-0.4, -0.2) is 25.5 Å². The normalized spacial score (nSPS) is 12.8. The van der Waals surface area contributed by atoms with Crippen molar-refractivity contribution in [3.8, 4) is 0 Å². The highest BCUT2D eigenvalue weighted by atomic mass is 35.5. The fourth-order valence-corrected chi connectivity index (χ4v) is 2.75. The Labute approximate surface area is 107 Å². The number of hydrogen-bond donors (Lipinski definition) is 1. The first-order chi connectivity index (χ1) is 7.65. The highest BCUT2D eigenvalue weighted by molar-refractivity contribution is 7.99. The maximum atomic E-state index is 6.19. The van der Waals surface area contributed by atoms with Gasteiger partial charge in [0.2, 0.25) is 0 Å². The van der Waals surface area contributed by atoms with E-state index in [-0.39, 0.29) is 6.04 Å². The molecule has 2 nitrogen and oxygen atoms in total. The summed E-state index contributed by atoms with van der Waals surface area (Å²) in [6, 6.07) is 6.10. The lowest BCUT2D eigenvalue weighted by Gasteiger charge is -2.12. The smallest absolute Gasteiger partial charge is 0.0556 e. The Bertz CT molecular complexity index is 331. The fraction of sp³-hybridized carbons (Fsp3) is 0.500. The summed E-state index contributed by atoms with van der Waals surface area (Å²) in [4.78, 5) is 1.21. The van der Waals surface area contributed by atoms with Crippen LogP contribution in [0.15, 0.2) is 23.1 Å². The topological polar surface area (TPSA) is 35.2 Å². The highest BCUT2D eigenvalue weighted by Gasteiger charge is 2.09. The summed E-state index contributed by atoms with van der Waals surface area (Å²) in [5.41, 5.74) is 6.98. The molecule has 0 aliphatic carbocycles. The molecular formula is C12H18ClNOS. The molecule has 0 aliphatic rings. The SMILES string of the molecule is COCCSc1cccc(Cl)c1CC(C)N. The molecule has 0 bridgehead atoms. The van der Waals surface area contributed by atoms with Gasteiger partial charge < -0.3 is 10.5 Å². The molecule has 90 valence electrons. The summed E-state index contributed by atoms with van der Waals surface area (Å²) < 4.78 is 5.04. The molecule has 0 saturated heterocycles. The molecule has 0 aromatic heterocycles. The number of thioether (sulfide) groups is 1. The Morgan fingerprint density at radius 1 is 1.50 bits per heavy atom. The average Bonchev–Trinajstić information content (AvgIpc) is 2.23. The molecule has 4 heteroatoms. The second-order valence-electron chi connectivity index (χ2n) is 3.74. The summed E-state index contributed by atoms with van der Waals surface area (Å²) in [5.74, 6) is 0.933. The van der Waals surface area contributed by atoms with Crippen LogP contribution in [-0.2, 0) is 11.2 Å². The van der Waals surface area contributed by atoms with Crippen molar-refractivity contribution in [3.05, 3.63) is 28.8 Å². The van der Waals surface area contributed by atoms with Crippen molar-refractivity contribution in [2.75, 3.05) is 19.5 Å². The largest absolute Gasteiger partial charge is 0.384 e. The predicted molar refractivity (Wildman–Crippen MR) is 71.4 cm³/mol. The summed E-state index contributed by atoms with van der Waals surface area (Å²) in [6.07, 6.45) is 0.814. The van der Waals surface area contributed by atoms with Crippen LogP contribution >= 0.6 is 23.4 Å². The third-order valence-electron chi connectivity index (χ3n) is 2.15. The summed E-state index contributed by atoms with van der Waals surface area (Å²) in [7, 11) is 1.71. The van der Waals surface area contributed by atoms with E-state index in [9.17, 15) is 0 Å². The van der Waals surface area contributed by atoms with Gasteiger partial charge in [-0.25, -0.2) is 0 Å². The van der Waals surface area contributed by atoms with Gasteiger partial charge in [-0.1, -0.05) is 17.7 Å². The van der Waals surface area contributed by atoms with Gasteiger partial charge in [0.25, 0.3) is 0 Å². The van der Waals surface area contributed by atoms with E-state index in [1.54, 1.807) is 18.9 Å². The predicted octanol–water partition coefficient (Wildman–Crippen LogP) is 2.97. The summed E-state index contributed by atoms with van der Waals surface area (Å²) in [5, 5.41) is 0.805. The molecule has 2 N–H and O–H groups in total. The van der Waals surface area contributed by atoms with Gasteiger partial charge in [0.1, 0.15) is 0 Å². The van der Waals surface area contributed by atoms with Crippen LogP contribution in [0.2, 0.25) is 5.02 Å². The number of hydrogen-bond acceptors (Lipinski definition) is 3. The lowest BCUT2D eigenvalue weighted by Crippen LogP contribution is -2.18. The monoisotopic (exact) mass is 259 g/mol. The van der Waals surface area contributed by atoms with Crippen molar-refractivity contribution in [3.63, 3.8) is 0 Å². The first-order valence-corrected chi connectivity index (χ1v) is 6.66. The van der Waals surface area contributed by atoms with Gasteiger partial charge in [-0.05, 0) is 31.0 Å². The van der Waals surface area contributed by atoms with E-state index in [1.807, 2.05) is 19.1 Å². The van der Waals surface area contributed by atoms with Gasteiger partial charge in [0.05, 0.1) is 6.61 Å². The molecule has 1 unspecified atom stereocenters. The van der Waals surface area contributed by atoms with E-state index in [2.05, 4.69) is 6.07 Å². The van der Waals surface area contributed by atoms with Gasteiger partial charge in [0.15, 0.2) is 0 Å². The van der Waals surface area contributed by atoms with Crippen LogP contribution in [0, 0.1) is 0 Å². The van der Waals surface area contributed by atoms with Crippen LogP contribution in [0.25, 0.3) is 0 Å². The van der Waals surface area contributed by atoms with E-state index in [1.165, 1.54) is 4.90 Å². The quantitative estimate of drug-likeness (QED) is 0.630. The zero-order chi connectivity index (χ0) is 12.0. The lowest BCUT2D eigenvalue weighted by molar-refractivity contribution is 0.218. The standard InChI is InChI=1S/C12H18ClNOS/c1-9(14)8-10-11(13)4-3-5-12(10)16-7-6-15-2/h3-5,9H,6-8,14H2,1-2H3. The Morgan fingerprint density at radius 2 is 2.25 bits per heavy atom. The first kappa shape index (κ1) is 13.8. The van der Waals surface area contributed by atoms with Crippen LogP contribution in [0.5, 0.6) is 0 Å². The molecule has 1 aromatic rings. The molecule has 0 fully saturated rings. The van der Waals surface area contributed by atoms with E-state index in [0.29, 0.717) is 0 Å². The molecule has 0 heterocycles. The van der Waals surface area contributed by atoms with E-state index in [0.717, 1.165) is 29.4 Å². The zero-order valence-corrected chi connectivity index (χ0v) is 11.3. The second kappa shape index (κ2) is 7.17. The molecule has 1 atom stereocenters. The van der Waals surface area contributed by atoms with Gasteiger partial charge >= 0.3 is 0 Å². The second-order valence-corrected chi connectivity index (χ2v) is 5.28. The Kier molecular flexibility index (Phi) is 6.21. The highest BCUT2D eigenvalue weighted by Crippen LogP contribution is 2.29. The number of halogens is 1.